The average Bonchev–Trinajstić information content (AvgIpc) is 2.46. The fraction of sp³-hybridized carbons (Fsp3) is 0.588. The maximum absolute atomic E-state index is 12.1. The van der Waals surface area contributed by atoms with Gasteiger partial charge in [0.1, 0.15) is 0 Å². The molecule has 1 aliphatic rings. The van der Waals surface area contributed by atoms with Crippen LogP contribution in [0.1, 0.15) is 43.5 Å². The number of halogens is 1. The summed E-state index contributed by atoms with van der Waals surface area (Å²) >= 11 is 5.83. The van der Waals surface area contributed by atoms with Crippen LogP contribution in [0.25, 0.3) is 0 Å². The zero-order valence-electron chi connectivity index (χ0n) is 12.4. The molecular formula is C17H24ClNO. The van der Waals surface area contributed by atoms with Crippen molar-refractivity contribution in [1.82, 2.24) is 4.90 Å². The summed E-state index contributed by atoms with van der Waals surface area (Å²) in [6, 6.07) is 7.19. The van der Waals surface area contributed by atoms with Gasteiger partial charge in [-0.1, -0.05) is 25.4 Å². The van der Waals surface area contributed by atoms with Crippen LogP contribution >= 0.6 is 11.6 Å². The third-order valence-corrected chi connectivity index (χ3v) is 4.65. The first-order valence-corrected chi connectivity index (χ1v) is 7.95. The van der Waals surface area contributed by atoms with Gasteiger partial charge in [-0.25, -0.2) is 0 Å². The van der Waals surface area contributed by atoms with Crippen LogP contribution in [0.15, 0.2) is 24.3 Å². The number of hydrogen-bond donors (Lipinski definition) is 0. The molecular weight excluding hydrogens is 270 g/mol. The maximum atomic E-state index is 12.1. The number of benzene rings is 1. The number of Topliss-reactive ketones (excluding diaryl/α,β-unsaturated/α-hetero) is 1. The number of ketones is 1. The minimum absolute atomic E-state index is 0.215. The Balaban J connectivity index is 1.76. The average molecular weight is 294 g/mol. The Hall–Kier alpha value is -0.860. The van der Waals surface area contributed by atoms with E-state index in [0.29, 0.717) is 11.4 Å². The summed E-state index contributed by atoms with van der Waals surface area (Å²) in [4.78, 5) is 14.5. The van der Waals surface area contributed by atoms with Gasteiger partial charge in [0.05, 0.1) is 0 Å². The van der Waals surface area contributed by atoms with E-state index in [0.717, 1.165) is 37.0 Å². The smallest absolute Gasteiger partial charge is 0.164 e. The summed E-state index contributed by atoms with van der Waals surface area (Å²) in [5.74, 6) is 1.86. The van der Waals surface area contributed by atoms with Crippen LogP contribution in [-0.4, -0.2) is 30.3 Å². The van der Waals surface area contributed by atoms with Crippen LogP contribution in [0.5, 0.6) is 0 Å². The number of hydrogen-bond acceptors (Lipinski definition) is 2. The van der Waals surface area contributed by atoms with E-state index in [-0.39, 0.29) is 5.78 Å². The lowest BCUT2D eigenvalue weighted by Gasteiger charge is -2.33. The zero-order chi connectivity index (χ0) is 14.5. The molecule has 0 spiro atoms. The molecule has 1 heterocycles. The van der Waals surface area contributed by atoms with Crippen molar-refractivity contribution in [1.29, 1.82) is 0 Å². The van der Waals surface area contributed by atoms with Gasteiger partial charge in [0.25, 0.3) is 0 Å². The lowest BCUT2D eigenvalue weighted by atomic mass is 9.86. The van der Waals surface area contributed by atoms with Gasteiger partial charge in [-0.3, -0.25) is 4.79 Å². The normalized spacial score (nSPS) is 17.6. The second kappa shape index (κ2) is 7.24. The number of piperidine rings is 1. The fourth-order valence-electron chi connectivity index (χ4n) is 2.88. The van der Waals surface area contributed by atoms with Crippen LogP contribution in [0.4, 0.5) is 0 Å². The summed E-state index contributed by atoms with van der Waals surface area (Å²) in [6.07, 6.45) is 3.15. The third kappa shape index (κ3) is 4.32. The highest BCUT2D eigenvalue weighted by molar-refractivity contribution is 6.30. The third-order valence-electron chi connectivity index (χ3n) is 4.40. The van der Waals surface area contributed by atoms with Crippen molar-refractivity contribution in [3.8, 4) is 0 Å². The molecule has 1 saturated heterocycles. The lowest BCUT2D eigenvalue weighted by Crippen LogP contribution is -2.36. The van der Waals surface area contributed by atoms with Crippen LogP contribution in [0, 0.1) is 11.8 Å². The molecule has 0 saturated carbocycles. The van der Waals surface area contributed by atoms with Crippen molar-refractivity contribution in [3.05, 3.63) is 34.9 Å². The molecule has 1 aromatic rings. The first-order valence-electron chi connectivity index (χ1n) is 7.57. The molecule has 110 valence electrons. The molecule has 1 fully saturated rings. The number of nitrogens with zero attached hydrogens (tertiary/aromatic N) is 1. The van der Waals surface area contributed by atoms with Gasteiger partial charge in [0.15, 0.2) is 5.78 Å². The first-order chi connectivity index (χ1) is 9.56. The van der Waals surface area contributed by atoms with Crippen molar-refractivity contribution in [3.63, 3.8) is 0 Å². The molecule has 2 nitrogen and oxygen atoms in total. The number of carbonyl (C=O) groups is 1. The molecule has 2 rings (SSSR count). The molecule has 0 atom stereocenters. The van der Waals surface area contributed by atoms with Gasteiger partial charge in [-0.05, 0) is 62.0 Å². The molecule has 0 bridgehead atoms. The Bertz CT molecular complexity index is 433. The first kappa shape index (κ1) is 15.5. The molecule has 0 aliphatic carbocycles. The lowest BCUT2D eigenvalue weighted by molar-refractivity contribution is 0.0943. The highest BCUT2D eigenvalue weighted by Gasteiger charge is 2.21. The van der Waals surface area contributed by atoms with E-state index in [1.807, 2.05) is 12.1 Å². The van der Waals surface area contributed by atoms with Crippen molar-refractivity contribution in [2.75, 3.05) is 19.6 Å². The van der Waals surface area contributed by atoms with Crippen LogP contribution in [0.2, 0.25) is 5.02 Å². The standard InChI is InChI=1S/C17H24ClNO/c1-13(2)14-7-10-19(11-8-14)12-9-17(20)15-3-5-16(18)6-4-15/h3-6,13-14H,7-12H2,1-2H3. The summed E-state index contributed by atoms with van der Waals surface area (Å²) in [5.41, 5.74) is 0.770. The van der Waals surface area contributed by atoms with Gasteiger partial charge in [-0.2, -0.15) is 0 Å². The van der Waals surface area contributed by atoms with E-state index in [2.05, 4.69) is 18.7 Å². The highest BCUT2D eigenvalue weighted by atomic mass is 35.5. The molecule has 3 heteroatoms. The molecule has 20 heavy (non-hydrogen) atoms. The van der Waals surface area contributed by atoms with E-state index in [1.165, 1.54) is 12.8 Å². The maximum Gasteiger partial charge on any atom is 0.164 e. The summed E-state index contributed by atoms with van der Waals surface area (Å²) < 4.78 is 0. The van der Waals surface area contributed by atoms with Crippen LogP contribution < -0.4 is 0 Å². The second-order valence-electron chi connectivity index (χ2n) is 6.10. The Morgan fingerprint density at radius 1 is 1.25 bits per heavy atom. The summed E-state index contributed by atoms with van der Waals surface area (Å²) in [5, 5.41) is 0.678. The molecule has 0 unspecified atom stereocenters. The highest BCUT2D eigenvalue weighted by Crippen LogP contribution is 2.24. The predicted molar refractivity (Wildman–Crippen MR) is 84.4 cm³/mol. The van der Waals surface area contributed by atoms with E-state index < -0.39 is 0 Å². The van der Waals surface area contributed by atoms with Gasteiger partial charge >= 0.3 is 0 Å². The Kier molecular flexibility index (Phi) is 5.62. The monoisotopic (exact) mass is 293 g/mol. The van der Waals surface area contributed by atoms with Crippen LogP contribution in [0.3, 0.4) is 0 Å². The molecule has 0 amide bonds. The number of carbonyl (C=O) groups excluding carboxylic acids is 1. The van der Waals surface area contributed by atoms with Crippen LogP contribution in [-0.2, 0) is 0 Å². The van der Waals surface area contributed by atoms with Gasteiger partial charge in [0, 0.05) is 23.6 Å². The van der Waals surface area contributed by atoms with Crippen molar-refractivity contribution in [2.24, 2.45) is 11.8 Å². The van der Waals surface area contributed by atoms with E-state index >= 15 is 0 Å². The van der Waals surface area contributed by atoms with Crippen molar-refractivity contribution >= 4 is 17.4 Å². The quantitative estimate of drug-likeness (QED) is 0.755. The Morgan fingerprint density at radius 3 is 2.40 bits per heavy atom. The Labute approximate surface area is 127 Å². The largest absolute Gasteiger partial charge is 0.303 e. The zero-order valence-corrected chi connectivity index (χ0v) is 13.2. The predicted octanol–water partition coefficient (Wildman–Crippen LogP) is 4.28. The molecule has 0 radical (unpaired) electrons. The number of likely N-dealkylation sites (tertiary alicyclic amines) is 1. The van der Waals surface area contributed by atoms with E-state index in [9.17, 15) is 4.79 Å². The van der Waals surface area contributed by atoms with Gasteiger partial charge in [-0.15, -0.1) is 0 Å². The summed E-state index contributed by atoms with van der Waals surface area (Å²) in [6.45, 7) is 7.77. The molecule has 0 aromatic heterocycles. The minimum Gasteiger partial charge on any atom is -0.303 e. The van der Waals surface area contributed by atoms with E-state index in [1.54, 1.807) is 12.1 Å². The van der Waals surface area contributed by atoms with Crippen molar-refractivity contribution < 1.29 is 4.79 Å². The summed E-state index contributed by atoms with van der Waals surface area (Å²) in [7, 11) is 0. The van der Waals surface area contributed by atoms with Crippen molar-refractivity contribution in [2.45, 2.75) is 33.1 Å². The fourth-order valence-corrected chi connectivity index (χ4v) is 3.01. The van der Waals surface area contributed by atoms with Gasteiger partial charge < -0.3 is 4.90 Å². The Morgan fingerprint density at radius 2 is 1.85 bits per heavy atom. The molecule has 0 N–H and O–H groups in total. The second-order valence-corrected chi connectivity index (χ2v) is 6.54. The van der Waals surface area contributed by atoms with Gasteiger partial charge in [0.2, 0.25) is 0 Å². The molecule has 1 aliphatic heterocycles. The topological polar surface area (TPSA) is 20.3 Å². The SMILES string of the molecule is CC(C)C1CCN(CCC(=O)c2ccc(Cl)cc2)CC1. The number of rotatable bonds is 5. The van der Waals surface area contributed by atoms with E-state index in [4.69, 9.17) is 11.6 Å². The molecule has 1 aromatic carbocycles. The minimum atomic E-state index is 0.215.